The van der Waals surface area contributed by atoms with E-state index in [1.165, 1.54) is 10.4 Å². The first kappa shape index (κ1) is 15.6. The molecule has 1 heterocycles. The zero-order valence-corrected chi connectivity index (χ0v) is 13.9. The summed E-state index contributed by atoms with van der Waals surface area (Å²) < 4.78 is 0.871. The van der Waals surface area contributed by atoms with Crippen LogP contribution in [0.15, 0.2) is 42.5 Å². The second-order valence-electron chi connectivity index (χ2n) is 6.15. The molecule has 2 aromatic rings. The summed E-state index contributed by atoms with van der Waals surface area (Å²) in [5, 5.41) is 3.62. The Kier molecular flexibility index (Phi) is 5.25. The lowest BCUT2D eigenvalue weighted by Gasteiger charge is -2.25. The lowest BCUT2D eigenvalue weighted by molar-refractivity contribution is 0.405. The van der Waals surface area contributed by atoms with Gasteiger partial charge in [0.15, 0.2) is 0 Å². The normalized spacial score (nSPS) is 13.4. The number of nitrogens with one attached hydrogen (secondary N) is 1. The average molecular weight is 308 g/mol. The van der Waals surface area contributed by atoms with E-state index >= 15 is 0 Å². The Balaban J connectivity index is 2.11. The molecule has 0 spiro atoms. The lowest BCUT2D eigenvalue weighted by Crippen LogP contribution is -2.38. The van der Waals surface area contributed by atoms with Gasteiger partial charge in [-0.15, -0.1) is 11.3 Å². The van der Waals surface area contributed by atoms with Crippen molar-refractivity contribution in [3.05, 3.63) is 57.2 Å². The second-order valence-corrected chi connectivity index (χ2v) is 7.95. The van der Waals surface area contributed by atoms with Crippen LogP contribution in [0, 0.1) is 0 Å². The molecule has 1 nitrogen and oxygen atoms in total. The number of rotatable bonds is 5. The minimum atomic E-state index is 0.139. The molecule has 1 unspecified atom stereocenters. The quantitative estimate of drug-likeness (QED) is 0.809. The zero-order valence-electron chi connectivity index (χ0n) is 12.3. The number of halogens is 1. The summed E-state index contributed by atoms with van der Waals surface area (Å²) in [6.07, 6.45) is 1.03. The third kappa shape index (κ3) is 4.93. The number of hydrogen-bond donors (Lipinski definition) is 1. The summed E-state index contributed by atoms with van der Waals surface area (Å²) in [6.45, 7) is 7.59. The van der Waals surface area contributed by atoms with Crippen molar-refractivity contribution in [3.8, 4) is 0 Å². The lowest BCUT2D eigenvalue weighted by atomic mass is 9.94. The fraction of sp³-hybridized carbons (Fsp3) is 0.412. The fourth-order valence-electron chi connectivity index (χ4n) is 2.17. The van der Waals surface area contributed by atoms with Crippen LogP contribution in [0.3, 0.4) is 0 Å². The van der Waals surface area contributed by atoms with Gasteiger partial charge in [-0.1, -0.05) is 41.9 Å². The smallest absolute Gasteiger partial charge is 0.0931 e. The summed E-state index contributed by atoms with van der Waals surface area (Å²) in [4.78, 5) is 1.35. The van der Waals surface area contributed by atoms with Crippen LogP contribution >= 0.6 is 22.9 Å². The monoisotopic (exact) mass is 307 g/mol. The van der Waals surface area contributed by atoms with Crippen molar-refractivity contribution in [2.45, 2.75) is 38.6 Å². The summed E-state index contributed by atoms with van der Waals surface area (Å²) in [5.74, 6) is 0.477. The van der Waals surface area contributed by atoms with Gasteiger partial charge in [0.1, 0.15) is 0 Å². The topological polar surface area (TPSA) is 12.0 Å². The molecule has 20 heavy (non-hydrogen) atoms. The van der Waals surface area contributed by atoms with Crippen molar-refractivity contribution in [1.82, 2.24) is 5.32 Å². The number of hydrogen-bond acceptors (Lipinski definition) is 2. The summed E-state index contributed by atoms with van der Waals surface area (Å²) in [5.41, 5.74) is 1.52. The molecule has 0 fully saturated rings. The molecule has 2 rings (SSSR count). The SMILES string of the molecule is CC(C)(C)NCC(Cc1ccc(Cl)s1)c1ccccc1. The van der Waals surface area contributed by atoms with Crippen LogP contribution in [-0.2, 0) is 6.42 Å². The van der Waals surface area contributed by atoms with Crippen molar-refractivity contribution in [2.24, 2.45) is 0 Å². The van der Waals surface area contributed by atoms with E-state index in [0.29, 0.717) is 5.92 Å². The van der Waals surface area contributed by atoms with Crippen LogP contribution in [0.2, 0.25) is 4.34 Å². The van der Waals surface area contributed by atoms with E-state index in [2.05, 4.69) is 62.5 Å². The highest BCUT2D eigenvalue weighted by molar-refractivity contribution is 7.16. The first-order valence-electron chi connectivity index (χ1n) is 6.98. The van der Waals surface area contributed by atoms with Crippen molar-refractivity contribution < 1.29 is 0 Å². The van der Waals surface area contributed by atoms with Gasteiger partial charge in [-0.2, -0.15) is 0 Å². The molecule has 3 heteroatoms. The van der Waals surface area contributed by atoms with Gasteiger partial charge < -0.3 is 5.32 Å². The van der Waals surface area contributed by atoms with Crippen LogP contribution < -0.4 is 5.32 Å². The largest absolute Gasteiger partial charge is 0.311 e. The third-order valence-corrected chi connectivity index (χ3v) is 4.48. The Morgan fingerprint density at radius 2 is 1.80 bits per heavy atom. The van der Waals surface area contributed by atoms with Gasteiger partial charge in [-0.3, -0.25) is 0 Å². The van der Waals surface area contributed by atoms with E-state index < -0.39 is 0 Å². The Hall–Kier alpha value is -0.830. The Morgan fingerprint density at radius 1 is 1.10 bits per heavy atom. The van der Waals surface area contributed by atoms with Gasteiger partial charge in [-0.25, -0.2) is 0 Å². The van der Waals surface area contributed by atoms with Crippen LogP contribution in [0.1, 0.15) is 37.1 Å². The molecule has 1 aromatic carbocycles. The highest BCUT2D eigenvalue weighted by Gasteiger charge is 2.17. The molecule has 0 bridgehead atoms. The maximum Gasteiger partial charge on any atom is 0.0931 e. The molecule has 0 aliphatic carbocycles. The molecule has 0 amide bonds. The molecule has 0 radical (unpaired) electrons. The van der Waals surface area contributed by atoms with Crippen LogP contribution in [0.4, 0.5) is 0 Å². The predicted octanol–water partition coefficient (Wildman–Crippen LogP) is 5.12. The molecule has 108 valence electrons. The van der Waals surface area contributed by atoms with Crippen molar-refractivity contribution in [2.75, 3.05) is 6.54 Å². The van der Waals surface area contributed by atoms with Gasteiger partial charge in [-0.05, 0) is 44.9 Å². The summed E-state index contributed by atoms with van der Waals surface area (Å²) in [6, 6.07) is 14.8. The molecule has 0 saturated heterocycles. The third-order valence-electron chi connectivity index (χ3n) is 3.23. The fourth-order valence-corrected chi connectivity index (χ4v) is 3.33. The highest BCUT2D eigenvalue weighted by Crippen LogP contribution is 2.27. The maximum atomic E-state index is 6.04. The van der Waals surface area contributed by atoms with Crippen LogP contribution in [0.25, 0.3) is 0 Å². The van der Waals surface area contributed by atoms with Gasteiger partial charge >= 0.3 is 0 Å². The minimum Gasteiger partial charge on any atom is -0.311 e. The molecule has 1 atom stereocenters. The van der Waals surface area contributed by atoms with E-state index in [1.54, 1.807) is 11.3 Å². The molecule has 0 aliphatic rings. The first-order chi connectivity index (χ1) is 9.44. The Labute approximate surface area is 131 Å². The predicted molar refractivity (Wildman–Crippen MR) is 90.0 cm³/mol. The standard InChI is InChI=1S/C17H22ClNS/c1-17(2,3)19-12-14(13-7-5-4-6-8-13)11-15-9-10-16(18)20-15/h4-10,14,19H,11-12H2,1-3H3. The summed E-state index contributed by atoms with van der Waals surface area (Å²) in [7, 11) is 0. The van der Waals surface area contributed by atoms with E-state index in [1.807, 2.05) is 6.07 Å². The highest BCUT2D eigenvalue weighted by atomic mass is 35.5. The van der Waals surface area contributed by atoms with Gasteiger partial charge in [0.05, 0.1) is 4.34 Å². The Morgan fingerprint density at radius 3 is 2.35 bits per heavy atom. The van der Waals surface area contributed by atoms with E-state index in [0.717, 1.165) is 17.3 Å². The van der Waals surface area contributed by atoms with Crippen molar-refractivity contribution >= 4 is 22.9 Å². The van der Waals surface area contributed by atoms with E-state index in [4.69, 9.17) is 11.6 Å². The van der Waals surface area contributed by atoms with E-state index in [9.17, 15) is 0 Å². The van der Waals surface area contributed by atoms with E-state index in [-0.39, 0.29) is 5.54 Å². The number of benzene rings is 1. The van der Waals surface area contributed by atoms with Gasteiger partial charge in [0.2, 0.25) is 0 Å². The molecule has 0 saturated carbocycles. The molecular formula is C17H22ClNS. The molecular weight excluding hydrogens is 286 g/mol. The van der Waals surface area contributed by atoms with Crippen molar-refractivity contribution in [1.29, 1.82) is 0 Å². The Bertz CT molecular complexity index is 527. The molecule has 0 aliphatic heterocycles. The summed E-state index contributed by atoms with van der Waals surface area (Å²) >= 11 is 7.72. The average Bonchev–Trinajstić information content (AvgIpc) is 2.80. The van der Waals surface area contributed by atoms with Crippen molar-refractivity contribution in [3.63, 3.8) is 0 Å². The van der Waals surface area contributed by atoms with Gasteiger partial charge in [0.25, 0.3) is 0 Å². The molecule has 1 aromatic heterocycles. The van der Waals surface area contributed by atoms with Crippen LogP contribution in [-0.4, -0.2) is 12.1 Å². The van der Waals surface area contributed by atoms with Crippen LogP contribution in [0.5, 0.6) is 0 Å². The zero-order chi connectivity index (χ0) is 14.6. The second kappa shape index (κ2) is 6.75. The minimum absolute atomic E-state index is 0.139. The first-order valence-corrected chi connectivity index (χ1v) is 8.18. The maximum absolute atomic E-state index is 6.04. The molecule has 1 N–H and O–H groups in total. The van der Waals surface area contributed by atoms with Gasteiger partial charge in [0, 0.05) is 22.9 Å². The number of thiophene rings is 1.